The normalized spacial score (nSPS) is 14.9. The SMILES string of the molecule is CC1=C(C)C(C)C([Si](c2cc(C)ccc2-c2ccccc2)(c2cc(C)ccc2-c2ccccc2)c2cc(C)ccc2-c2ccccc2)=C1C. The van der Waals surface area contributed by atoms with Gasteiger partial charge in [-0.25, -0.2) is 0 Å². The third kappa shape index (κ3) is 5.57. The molecule has 0 spiro atoms. The number of hydrogen-bond acceptors (Lipinski definition) is 0. The van der Waals surface area contributed by atoms with Crippen LogP contribution in [-0.4, -0.2) is 8.07 Å². The first-order chi connectivity index (χ1) is 23.7. The number of allylic oxidation sites excluding steroid dienone is 4. The molecule has 7 rings (SSSR count). The minimum atomic E-state index is -3.14. The number of aryl methyl sites for hydroxylation is 3. The third-order valence-electron chi connectivity index (χ3n) is 11.0. The monoisotopic (exact) mass is 650 g/mol. The molecule has 1 aliphatic rings. The zero-order valence-corrected chi connectivity index (χ0v) is 30.9. The molecule has 0 radical (unpaired) electrons. The highest BCUT2D eigenvalue weighted by atomic mass is 28.3. The molecule has 0 amide bonds. The smallest absolute Gasteiger partial charge is 0.0636 e. The van der Waals surface area contributed by atoms with Gasteiger partial charge in [0.15, 0.2) is 8.07 Å². The fourth-order valence-electron chi connectivity index (χ4n) is 8.35. The van der Waals surface area contributed by atoms with Crippen LogP contribution >= 0.6 is 0 Å². The van der Waals surface area contributed by atoms with Crippen LogP contribution in [-0.2, 0) is 0 Å². The van der Waals surface area contributed by atoms with Gasteiger partial charge in [0, 0.05) is 0 Å². The van der Waals surface area contributed by atoms with Crippen molar-refractivity contribution in [1.82, 2.24) is 0 Å². The van der Waals surface area contributed by atoms with Crippen LogP contribution in [0.2, 0.25) is 0 Å². The molecule has 6 aromatic rings. The van der Waals surface area contributed by atoms with Crippen molar-refractivity contribution >= 4 is 23.6 Å². The Labute approximate surface area is 294 Å². The number of rotatable bonds is 7. The van der Waals surface area contributed by atoms with Gasteiger partial charge in [-0.05, 0) is 102 Å². The van der Waals surface area contributed by atoms with Gasteiger partial charge in [0.05, 0.1) is 0 Å². The second-order valence-electron chi connectivity index (χ2n) is 14.1. The first kappa shape index (κ1) is 32.6. The highest BCUT2D eigenvalue weighted by Crippen LogP contribution is 2.44. The molecule has 0 bridgehead atoms. The van der Waals surface area contributed by atoms with Crippen LogP contribution in [0.5, 0.6) is 0 Å². The van der Waals surface area contributed by atoms with Crippen LogP contribution in [0.15, 0.2) is 168 Å². The van der Waals surface area contributed by atoms with Gasteiger partial charge in [0.2, 0.25) is 0 Å². The molecule has 0 N–H and O–H groups in total. The van der Waals surface area contributed by atoms with Gasteiger partial charge in [-0.3, -0.25) is 0 Å². The Morgan fingerprint density at radius 1 is 0.388 bits per heavy atom. The summed E-state index contributed by atoms with van der Waals surface area (Å²) in [5.74, 6) is 0.295. The maximum atomic E-state index is 2.55. The molecule has 0 aliphatic heterocycles. The van der Waals surface area contributed by atoms with E-state index in [0.717, 1.165) is 0 Å². The Bertz CT molecular complexity index is 2000. The maximum Gasteiger partial charge on any atom is 0.178 e. The Hall–Kier alpha value is -4.98. The van der Waals surface area contributed by atoms with E-state index in [-0.39, 0.29) is 0 Å². The summed E-state index contributed by atoms with van der Waals surface area (Å²) in [5.41, 5.74) is 16.0. The maximum absolute atomic E-state index is 3.14. The van der Waals surface area contributed by atoms with E-state index < -0.39 is 8.07 Å². The van der Waals surface area contributed by atoms with Crippen molar-refractivity contribution in [2.24, 2.45) is 5.92 Å². The van der Waals surface area contributed by atoms with E-state index in [1.165, 1.54) is 82.4 Å². The van der Waals surface area contributed by atoms with Gasteiger partial charge in [-0.2, -0.15) is 0 Å². The van der Waals surface area contributed by atoms with Crippen molar-refractivity contribution in [3.05, 3.63) is 184 Å². The molecule has 1 unspecified atom stereocenters. The summed E-state index contributed by atoms with van der Waals surface area (Å²) in [6, 6.07) is 55.1. The Balaban J connectivity index is 1.79. The van der Waals surface area contributed by atoms with E-state index in [4.69, 9.17) is 0 Å². The van der Waals surface area contributed by atoms with E-state index in [1.54, 1.807) is 5.20 Å². The lowest BCUT2D eigenvalue weighted by atomic mass is 10.0. The second kappa shape index (κ2) is 13.1. The minimum absolute atomic E-state index is 0.295. The Morgan fingerprint density at radius 2 is 0.714 bits per heavy atom. The third-order valence-corrected chi connectivity index (χ3v) is 16.3. The summed E-state index contributed by atoms with van der Waals surface area (Å²) in [6.07, 6.45) is 0. The summed E-state index contributed by atoms with van der Waals surface area (Å²) in [5, 5.41) is 6.00. The summed E-state index contributed by atoms with van der Waals surface area (Å²) in [4.78, 5) is 0. The predicted octanol–water partition coefficient (Wildman–Crippen LogP) is 10.9. The van der Waals surface area contributed by atoms with Gasteiger partial charge in [-0.15, -0.1) is 0 Å². The lowest BCUT2D eigenvalue weighted by Gasteiger charge is -2.42. The van der Waals surface area contributed by atoms with Crippen LogP contribution in [0.3, 0.4) is 0 Å². The molecule has 0 saturated heterocycles. The Morgan fingerprint density at radius 3 is 1.00 bits per heavy atom. The summed E-state index contributed by atoms with van der Waals surface area (Å²) >= 11 is 0. The van der Waals surface area contributed by atoms with Crippen LogP contribution in [0.4, 0.5) is 0 Å². The second-order valence-corrected chi connectivity index (χ2v) is 17.7. The fraction of sp³-hybridized carbons (Fsp3) is 0.167. The van der Waals surface area contributed by atoms with Gasteiger partial charge in [0.1, 0.15) is 0 Å². The first-order valence-electron chi connectivity index (χ1n) is 17.6. The van der Waals surface area contributed by atoms with E-state index in [1.807, 2.05) is 0 Å². The van der Waals surface area contributed by atoms with Crippen molar-refractivity contribution in [3.8, 4) is 33.4 Å². The van der Waals surface area contributed by atoms with E-state index in [0.29, 0.717) is 5.92 Å². The van der Waals surface area contributed by atoms with Crippen molar-refractivity contribution in [1.29, 1.82) is 0 Å². The average Bonchev–Trinajstić information content (AvgIpc) is 3.32. The zero-order chi connectivity index (χ0) is 34.3. The quantitative estimate of drug-likeness (QED) is 0.119. The van der Waals surface area contributed by atoms with Gasteiger partial charge in [-0.1, -0.05) is 186 Å². The van der Waals surface area contributed by atoms with Crippen LogP contribution in [0.25, 0.3) is 33.4 Å². The van der Waals surface area contributed by atoms with Gasteiger partial charge < -0.3 is 0 Å². The van der Waals surface area contributed by atoms with E-state index >= 15 is 0 Å². The summed E-state index contributed by atoms with van der Waals surface area (Å²) in [6.45, 7) is 16.4. The molecule has 1 aliphatic carbocycles. The van der Waals surface area contributed by atoms with Crippen molar-refractivity contribution < 1.29 is 0 Å². The highest BCUT2D eigenvalue weighted by Gasteiger charge is 2.51. The molecular formula is C48H46Si. The summed E-state index contributed by atoms with van der Waals surface area (Å²) in [7, 11) is -3.14. The predicted molar refractivity (Wildman–Crippen MR) is 215 cm³/mol. The van der Waals surface area contributed by atoms with Gasteiger partial charge in [0.25, 0.3) is 0 Å². The molecule has 49 heavy (non-hydrogen) atoms. The molecule has 0 nitrogen and oxygen atoms in total. The van der Waals surface area contributed by atoms with Gasteiger partial charge >= 0.3 is 0 Å². The molecule has 0 saturated carbocycles. The van der Waals surface area contributed by atoms with E-state index in [9.17, 15) is 0 Å². The topological polar surface area (TPSA) is 0 Å². The van der Waals surface area contributed by atoms with Crippen LogP contribution in [0.1, 0.15) is 44.4 Å². The largest absolute Gasteiger partial charge is 0.178 e. The number of hydrogen-bond donors (Lipinski definition) is 0. The molecule has 0 aromatic heterocycles. The van der Waals surface area contributed by atoms with Crippen LogP contribution < -0.4 is 15.6 Å². The van der Waals surface area contributed by atoms with Crippen LogP contribution in [0, 0.1) is 26.7 Å². The molecule has 1 atom stereocenters. The fourth-order valence-corrected chi connectivity index (χ4v) is 14.9. The molecule has 0 fully saturated rings. The standard InChI is InChI=1S/C48H46Si/c1-32-23-26-42(39-17-11-8-12-18-39)45(29-32)49(48-37(6)35(4)36(5)38(48)7,46-30-33(2)24-27-43(46)40-19-13-9-14-20-40)47-31-34(3)25-28-44(47)41-21-15-10-16-22-41/h8-31,37H,1-7H3. The minimum Gasteiger partial charge on any atom is -0.0636 e. The molecule has 0 heterocycles. The van der Waals surface area contributed by atoms with Crippen molar-refractivity contribution in [2.45, 2.75) is 48.5 Å². The lowest BCUT2D eigenvalue weighted by molar-refractivity contribution is 0.851. The molecular weight excluding hydrogens is 605 g/mol. The van der Waals surface area contributed by atoms with Crippen molar-refractivity contribution in [2.75, 3.05) is 0 Å². The lowest BCUT2D eigenvalue weighted by Crippen LogP contribution is -2.71. The van der Waals surface area contributed by atoms with E-state index in [2.05, 4.69) is 194 Å². The molecule has 1 heteroatoms. The Kier molecular flexibility index (Phi) is 8.73. The molecule has 242 valence electrons. The first-order valence-corrected chi connectivity index (χ1v) is 19.6. The highest BCUT2D eigenvalue weighted by molar-refractivity contribution is 7.18. The molecule has 6 aromatic carbocycles. The summed E-state index contributed by atoms with van der Waals surface area (Å²) < 4.78 is 0. The van der Waals surface area contributed by atoms with Crippen molar-refractivity contribution in [3.63, 3.8) is 0 Å². The zero-order valence-electron chi connectivity index (χ0n) is 29.9. The number of benzene rings is 6. The average molecular weight is 651 g/mol.